The lowest BCUT2D eigenvalue weighted by Gasteiger charge is -2.23. The molecular formula is C10H18N4O2S. The summed E-state index contributed by atoms with van der Waals surface area (Å²) in [6, 6.07) is 0.441. The van der Waals surface area contributed by atoms with Crippen molar-refractivity contribution in [1.82, 2.24) is 20.2 Å². The highest BCUT2D eigenvalue weighted by Gasteiger charge is 2.16. The minimum absolute atomic E-state index is 0.189. The fraction of sp³-hybridized carbons (Fsp3) is 0.700. The quantitative estimate of drug-likeness (QED) is 0.705. The molecule has 0 radical (unpaired) electrons. The molecule has 0 saturated carbocycles. The Morgan fingerprint density at radius 1 is 1.47 bits per heavy atom. The van der Waals surface area contributed by atoms with Crippen molar-refractivity contribution in [3.8, 4) is 0 Å². The van der Waals surface area contributed by atoms with Gasteiger partial charge < -0.3 is 5.32 Å². The predicted octanol–water partition coefficient (Wildman–Crippen LogP) is 0.220. The maximum atomic E-state index is 11.7. The summed E-state index contributed by atoms with van der Waals surface area (Å²) in [7, 11) is -3.39. The van der Waals surface area contributed by atoms with Crippen LogP contribution < -0.4 is 10.0 Å². The Morgan fingerprint density at radius 3 is 3.00 bits per heavy atom. The van der Waals surface area contributed by atoms with E-state index in [-0.39, 0.29) is 4.90 Å². The van der Waals surface area contributed by atoms with Crippen LogP contribution in [0.1, 0.15) is 25.7 Å². The van der Waals surface area contributed by atoms with Crippen LogP contribution >= 0.6 is 0 Å². The van der Waals surface area contributed by atoms with Gasteiger partial charge >= 0.3 is 0 Å². The predicted molar refractivity (Wildman–Crippen MR) is 64.0 cm³/mol. The van der Waals surface area contributed by atoms with E-state index in [4.69, 9.17) is 0 Å². The first-order chi connectivity index (χ1) is 8.18. The van der Waals surface area contributed by atoms with Crippen LogP contribution in [-0.4, -0.2) is 37.7 Å². The van der Waals surface area contributed by atoms with E-state index in [2.05, 4.69) is 20.2 Å². The molecule has 0 aliphatic carbocycles. The molecule has 17 heavy (non-hydrogen) atoms. The molecule has 1 aliphatic heterocycles. The van der Waals surface area contributed by atoms with E-state index >= 15 is 0 Å². The molecule has 1 aromatic rings. The normalized spacial score (nSPS) is 21.5. The maximum Gasteiger partial charge on any atom is 0.243 e. The molecule has 1 saturated heterocycles. The number of aromatic nitrogens is 2. The van der Waals surface area contributed by atoms with Gasteiger partial charge in [0.15, 0.2) is 0 Å². The van der Waals surface area contributed by atoms with Gasteiger partial charge in [0.25, 0.3) is 0 Å². The Morgan fingerprint density at radius 2 is 2.35 bits per heavy atom. The second-order valence-corrected chi connectivity index (χ2v) is 6.03. The van der Waals surface area contributed by atoms with Crippen molar-refractivity contribution >= 4 is 10.0 Å². The molecule has 0 amide bonds. The van der Waals surface area contributed by atoms with Crippen molar-refractivity contribution in [2.24, 2.45) is 0 Å². The van der Waals surface area contributed by atoms with Crippen LogP contribution in [0.2, 0.25) is 0 Å². The summed E-state index contributed by atoms with van der Waals surface area (Å²) in [6.07, 6.45) is 7.09. The lowest BCUT2D eigenvalue weighted by Crippen LogP contribution is -2.37. The standard InChI is InChI=1S/C10H18N4O2S/c15-17(16,10-7-12-13-8-10)14-6-4-9-3-1-2-5-11-9/h7-9,11,14H,1-6H2,(H,12,13). The van der Waals surface area contributed by atoms with Crippen LogP contribution in [0.5, 0.6) is 0 Å². The summed E-state index contributed by atoms with van der Waals surface area (Å²) in [5.74, 6) is 0. The molecule has 1 aromatic heterocycles. The summed E-state index contributed by atoms with van der Waals surface area (Å²) in [5, 5.41) is 9.51. The zero-order chi connectivity index (χ0) is 12.1. The Balaban J connectivity index is 1.78. The summed E-state index contributed by atoms with van der Waals surface area (Å²) in [5.41, 5.74) is 0. The molecule has 0 aromatic carbocycles. The molecule has 1 atom stereocenters. The van der Waals surface area contributed by atoms with Gasteiger partial charge in [-0.15, -0.1) is 0 Å². The average molecular weight is 258 g/mol. The number of hydrogen-bond donors (Lipinski definition) is 3. The topological polar surface area (TPSA) is 86.9 Å². The third kappa shape index (κ3) is 3.52. The fourth-order valence-electron chi connectivity index (χ4n) is 2.01. The van der Waals surface area contributed by atoms with Crippen molar-refractivity contribution in [2.75, 3.05) is 13.1 Å². The summed E-state index contributed by atoms with van der Waals surface area (Å²) < 4.78 is 26.1. The van der Waals surface area contributed by atoms with E-state index in [1.54, 1.807) is 0 Å². The van der Waals surface area contributed by atoms with Gasteiger partial charge in [-0.2, -0.15) is 5.10 Å². The molecule has 3 N–H and O–H groups in total. The van der Waals surface area contributed by atoms with Crippen LogP contribution in [0, 0.1) is 0 Å². The number of hydrogen-bond acceptors (Lipinski definition) is 4. The van der Waals surface area contributed by atoms with Gasteiger partial charge in [0.2, 0.25) is 10.0 Å². The molecule has 96 valence electrons. The number of rotatable bonds is 5. The summed E-state index contributed by atoms with van der Waals surface area (Å²) in [6.45, 7) is 1.50. The minimum Gasteiger partial charge on any atom is -0.314 e. The Kier molecular flexibility index (Phi) is 4.14. The first-order valence-corrected chi connectivity index (χ1v) is 7.38. The molecule has 1 fully saturated rings. The number of H-pyrrole nitrogens is 1. The maximum absolute atomic E-state index is 11.7. The Bertz CT molecular complexity index is 423. The molecular weight excluding hydrogens is 240 g/mol. The molecule has 2 rings (SSSR count). The van der Waals surface area contributed by atoms with Crippen LogP contribution in [-0.2, 0) is 10.0 Å². The van der Waals surface area contributed by atoms with Crippen molar-refractivity contribution in [3.05, 3.63) is 12.4 Å². The minimum atomic E-state index is -3.39. The van der Waals surface area contributed by atoms with Gasteiger partial charge in [-0.05, 0) is 25.8 Å². The third-order valence-electron chi connectivity index (χ3n) is 2.98. The zero-order valence-corrected chi connectivity index (χ0v) is 10.5. The zero-order valence-electron chi connectivity index (χ0n) is 9.65. The van der Waals surface area contributed by atoms with E-state index in [0.717, 1.165) is 19.4 Å². The monoisotopic (exact) mass is 258 g/mol. The first kappa shape index (κ1) is 12.5. The van der Waals surface area contributed by atoms with E-state index in [1.165, 1.54) is 25.2 Å². The van der Waals surface area contributed by atoms with Gasteiger partial charge in [-0.3, -0.25) is 5.10 Å². The molecule has 1 unspecified atom stereocenters. The number of piperidine rings is 1. The summed E-state index contributed by atoms with van der Waals surface area (Å²) >= 11 is 0. The number of nitrogens with zero attached hydrogens (tertiary/aromatic N) is 1. The van der Waals surface area contributed by atoms with Gasteiger partial charge in [-0.25, -0.2) is 13.1 Å². The van der Waals surface area contributed by atoms with Crippen LogP contribution in [0.4, 0.5) is 0 Å². The molecule has 1 aliphatic rings. The number of nitrogens with one attached hydrogen (secondary N) is 3. The van der Waals surface area contributed by atoms with Crippen LogP contribution in [0.25, 0.3) is 0 Å². The molecule has 0 spiro atoms. The highest BCUT2D eigenvalue weighted by atomic mass is 32.2. The van der Waals surface area contributed by atoms with E-state index in [1.807, 2.05) is 0 Å². The van der Waals surface area contributed by atoms with E-state index < -0.39 is 10.0 Å². The second-order valence-electron chi connectivity index (χ2n) is 4.27. The first-order valence-electron chi connectivity index (χ1n) is 5.90. The fourth-order valence-corrected chi connectivity index (χ4v) is 2.96. The largest absolute Gasteiger partial charge is 0.314 e. The Hall–Kier alpha value is -0.920. The van der Waals surface area contributed by atoms with Gasteiger partial charge in [0.1, 0.15) is 4.90 Å². The number of aromatic amines is 1. The van der Waals surface area contributed by atoms with Gasteiger partial charge in [0, 0.05) is 18.8 Å². The van der Waals surface area contributed by atoms with Crippen LogP contribution in [0.3, 0.4) is 0 Å². The van der Waals surface area contributed by atoms with Crippen molar-refractivity contribution < 1.29 is 8.42 Å². The second kappa shape index (κ2) is 5.61. The molecule has 0 bridgehead atoms. The van der Waals surface area contributed by atoms with E-state index in [0.29, 0.717) is 12.6 Å². The van der Waals surface area contributed by atoms with Gasteiger partial charge in [0.05, 0.1) is 6.20 Å². The average Bonchev–Trinajstić information content (AvgIpc) is 2.84. The van der Waals surface area contributed by atoms with Crippen LogP contribution in [0.15, 0.2) is 17.3 Å². The smallest absolute Gasteiger partial charge is 0.243 e. The molecule has 6 nitrogen and oxygen atoms in total. The lowest BCUT2D eigenvalue weighted by molar-refractivity contribution is 0.382. The molecule has 2 heterocycles. The van der Waals surface area contributed by atoms with Crippen molar-refractivity contribution in [2.45, 2.75) is 36.6 Å². The lowest BCUT2D eigenvalue weighted by atomic mass is 10.0. The SMILES string of the molecule is O=S(=O)(NCCC1CCCCN1)c1cn[nH]c1. The molecule has 7 heteroatoms. The highest BCUT2D eigenvalue weighted by molar-refractivity contribution is 7.89. The van der Waals surface area contributed by atoms with Crippen molar-refractivity contribution in [3.63, 3.8) is 0 Å². The highest BCUT2D eigenvalue weighted by Crippen LogP contribution is 2.10. The Labute approximate surface area is 101 Å². The van der Waals surface area contributed by atoms with Gasteiger partial charge in [-0.1, -0.05) is 6.42 Å². The third-order valence-corrected chi connectivity index (χ3v) is 4.41. The van der Waals surface area contributed by atoms with Crippen molar-refractivity contribution in [1.29, 1.82) is 0 Å². The van der Waals surface area contributed by atoms with E-state index in [9.17, 15) is 8.42 Å². The number of sulfonamides is 1. The summed E-state index contributed by atoms with van der Waals surface area (Å²) in [4.78, 5) is 0.189.